The van der Waals surface area contributed by atoms with Gasteiger partial charge in [-0.1, -0.05) is 49.2 Å². The molecule has 26 heavy (non-hydrogen) atoms. The lowest BCUT2D eigenvalue weighted by molar-refractivity contribution is 0.101. The van der Waals surface area contributed by atoms with Gasteiger partial charge in [-0.2, -0.15) is 0 Å². The van der Waals surface area contributed by atoms with Crippen LogP contribution in [0.25, 0.3) is 0 Å². The lowest BCUT2D eigenvalue weighted by Crippen LogP contribution is -2.06. The standard InChI is InChI=1S/C19H20Cl2FO3P/c1-11(2)14-6-12(4-5-18(14)22)7-15-16(20)8-13(9-17(15)21)19(23)10-26(3,24)25/h4-6,8-9,11H,7,10H2,1-3H3,(H,24,25). The number of Topliss-reactive ketones (excluding diaryl/α,β-unsaturated/α-hetero) is 1. The van der Waals surface area contributed by atoms with Gasteiger partial charge in [-0.15, -0.1) is 0 Å². The van der Waals surface area contributed by atoms with Gasteiger partial charge in [0, 0.05) is 28.7 Å². The molecule has 0 radical (unpaired) electrons. The minimum absolute atomic E-state index is 0.0455. The highest BCUT2D eigenvalue weighted by Gasteiger charge is 2.20. The molecule has 7 heteroatoms. The van der Waals surface area contributed by atoms with E-state index in [1.165, 1.54) is 18.2 Å². The van der Waals surface area contributed by atoms with Crippen LogP contribution < -0.4 is 0 Å². The molecule has 1 unspecified atom stereocenters. The molecular formula is C19H20Cl2FO3P. The number of halogens is 3. The highest BCUT2D eigenvalue weighted by molar-refractivity contribution is 7.58. The van der Waals surface area contributed by atoms with Crippen LogP contribution in [0.15, 0.2) is 30.3 Å². The fraction of sp³-hybridized carbons (Fsp3) is 0.316. The Morgan fingerprint density at radius 3 is 2.27 bits per heavy atom. The maximum absolute atomic E-state index is 13.9. The van der Waals surface area contributed by atoms with Crippen LogP contribution in [-0.2, 0) is 11.0 Å². The van der Waals surface area contributed by atoms with Crippen LogP contribution in [0.4, 0.5) is 4.39 Å². The first-order valence-electron chi connectivity index (χ1n) is 8.06. The number of hydrogen-bond acceptors (Lipinski definition) is 2. The van der Waals surface area contributed by atoms with Gasteiger partial charge in [0.2, 0.25) is 7.37 Å². The van der Waals surface area contributed by atoms with E-state index in [1.54, 1.807) is 12.1 Å². The van der Waals surface area contributed by atoms with Gasteiger partial charge < -0.3 is 4.89 Å². The zero-order valence-electron chi connectivity index (χ0n) is 14.7. The molecule has 1 N–H and O–H groups in total. The average molecular weight is 417 g/mol. The number of hydrogen-bond donors (Lipinski definition) is 1. The Morgan fingerprint density at radius 1 is 1.19 bits per heavy atom. The molecule has 0 spiro atoms. The first kappa shape index (κ1) is 21.1. The second-order valence-electron chi connectivity index (χ2n) is 6.74. The molecule has 0 saturated heterocycles. The van der Waals surface area contributed by atoms with Crippen LogP contribution in [0.1, 0.15) is 46.8 Å². The van der Waals surface area contributed by atoms with Crippen molar-refractivity contribution < 1.29 is 18.6 Å². The van der Waals surface area contributed by atoms with Crippen LogP contribution in [0.3, 0.4) is 0 Å². The number of ketones is 1. The van der Waals surface area contributed by atoms with E-state index in [9.17, 15) is 18.6 Å². The van der Waals surface area contributed by atoms with Gasteiger partial charge in [-0.05, 0) is 40.8 Å². The van der Waals surface area contributed by atoms with Gasteiger partial charge >= 0.3 is 0 Å². The molecule has 1 atom stereocenters. The summed E-state index contributed by atoms with van der Waals surface area (Å²) in [5.74, 6) is -0.698. The molecule has 3 nitrogen and oxygen atoms in total. The van der Waals surface area contributed by atoms with E-state index in [1.807, 2.05) is 13.8 Å². The zero-order valence-corrected chi connectivity index (χ0v) is 17.1. The van der Waals surface area contributed by atoms with Crippen molar-refractivity contribution in [3.63, 3.8) is 0 Å². The van der Waals surface area contributed by atoms with E-state index in [2.05, 4.69) is 0 Å². The predicted molar refractivity (Wildman–Crippen MR) is 105 cm³/mol. The summed E-state index contributed by atoms with van der Waals surface area (Å²) in [7, 11) is -3.48. The molecule has 2 rings (SSSR count). The van der Waals surface area contributed by atoms with Crippen molar-refractivity contribution in [1.29, 1.82) is 0 Å². The van der Waals surface area contributed by atoms with E-state index in [0.29, 0.717) is 27.6 Å². The average Bonchev–Trinajstić information content (AvgIpc) is 2.50. The summed E-state index contributed by atoms with van der Waals surface area (Å²) in [6.07, 6.45) is -0.0763. The van der Waals surface area contributed by atoms with Gasteiger partial charge in [0.1, 0.15) is 5.82 Å². The van der Waals surface area contributed by atoms with Gasteiger partial charge in [0.25, 0.3) is 0 Å². The maximum atomic E-state index is 13.9. The largest absolute Gasteiger partial charge is 0.344 e. The number of carbonyl (C=O) groups is 1. The molecule has 0 fully saturated rings. The van der Waals surface area contributed by atoms with Crippen LogP contribution in [0.5, 0.6) is 0 Å². The second-order valence-corrected chi connectivity index (χ2v) is 9.97. The summed E-state index contributed by atoms with van der Waals surface area (Å²) in [5, 5.41) is 0.584. The third-order valence-corrected chi connectivity index (χ3v) is 5.51. The Hall–Kier alpha value is -1.19. The third kappa shape index (κ3) is 5.40. The number of benzene rings is 2. The normalized spacial score (nSPS) is 13.7. The van der Waals surface area contributed by atoms with Crippen molar-refractivity contribution in [2.75, 3.05) is 12.8 Å². The smallest absolute Gasteiger partial charge is 0.205 e. The van der Waals surface area contributed by atoms with Gasteiger partial charge in [0.05, 0.1) is 6.16 Å². The molecule has 2 aromatic carbocycles. The molecule has 0 saturated carbocycles. The summed E-state index contributed by atoms with van der Waals surface area (Å²) in [4.78, 5) is 21.5. The Balaban J connectivity index is 2.33. The van der Waals surface area contributed by atoms with E-state index in [4.69, 9.17) is 23.2 Å². The lowest BCUT2D eigenvalue weighted by atomic mass is 9.96. The molecule has 0 amide bonds. The SMILES string of the molecule is CC(C)c1cc(Cc2c(Cl)cc(C(=O)CP(C)(=O)O)cc2Cl)ccc1F. The number of carbonyl (C=O) groups excluding carboxylic acids is 1. The van der Waals surface area contributed by atoms with E-state index >= 15 is 0 Å². The van der Waals surface area contributed by atoms with Crippen molar-refractivity contribution in [3.05, 3.63) is 68.4 Å². The summed E-state index contributed by atoms with van der Waals surface area (Å²) in [6, 6.07) is 7.78. The van der Waals surface area contributed by atoms with Gasteiger partial charge in [0.15, 0.2) is 5.78 Å². The molecule has 0 aliphatic heterocycles. The Labute approximate surface area is 162 Å². The van der Waals surface area contributed by atoms with E-state index < -0.39 is 19.3 Å². The van der Waals surface area contributed by atoms with E-state index in [0.717, 1.165) is 12.2 Å². The van der Waals surface area contributed by atoms with Gasteiger partial charge in [-0.25, -0.2) is 4.39 Å². The third-order valence-electron chi connectivity index (χ3n) is 3.96. The number of rotatable bonds is 6. The van der Waals surface area contributed by atoms with Crippen LogP contribution in [-0.4, -0.2) is 23.5 Å². The molecule has 140 valence electrons. The van der Waals surface area contributed by atoms with Crippen LogP contribution >= 0.6 is 30.6 Å². The quantitative estimate of drug-likeness (QED) is 0.468. The molecule has 0 aromatic heterocycles. The highest BCUT2D eigenvalue weighted by Crippen LogP contribution is 2.37. The summed E-state index contributed by atoms with van der Waals surface area (Å²) >= 11 is 12.6. The summed E-state index contributed by atoms with van der Waals surface area (Å²) in [5.41, 5.74) is 2.28. The molecule has 2 aromatic rings. The minimum Gasteiger partial charge on any atom is -0.344 e. The van der Waals surface area contributed by atoms with Crippen molar-refractivity contribution in [3.8, 4) is 0 Å². The first-order valence-corrected chi connectivity index (χ1v) is 11.1. The van der Waals surface area contributed by atoms with Crippen molar-refractivity contribution in [1.82, 2.24) is 0 Å². The predicted octanol–water partition coefficient (Wildman–Crippen LogP) is 5.93. The second kappa shape index (κ2) is 8.22. The summed E-state index contributed by atoms with van der Waals surface area (Å²) in [6.45, 7) is 4.95. The topological polar surface area (TPSA) is 54.4 Å². The fourth-order valence-corrected chi connectivity index (χ4v) is 3.98. The minimum atomic E-state index is -3.48. The summed E-state index contributed by atoms with van der Waals surface area (Å²) < 4.78 is 25.3. The monoisotopic (exact) mass is 416 g/mol. The first-order chi connectivity index (χ1) is 12.0. The van der Waals surface area contributed by atoms with Crippen molar-refractivity contribution in [2.24, 2.45) is 0 Å². The van der Waals surface area contributed by atoms with Crippen LogP contribution in [0.2, 0.25) is 10.0 Å². The molecule has 0 aliphatic carbocycles. The van der Waals surface area contributed by atoms with Crippen LogP contribution in [0, 0.1) is 5.82 Å². The Bertz CT molecular complexity index is 867. The Kier molecular flexibility index (Phi) is 6.68. The fourth-order valence-electron chi connectivity index (χ4n) is 2.64. The molecule has 0 aliphatic rings. The van der Waals surface area contributed by atoms with Gasteiger partial charge in [-0.3, -0.25) is 9.36 Å². The van der Waals surface area contributed by atoms with Crippen molar-refractivity contribution >= 4 is 36.4 Å². The molecule has 0 heterocycles. The lowest BCUT2D eigenvalue weighted by Gasteiger charge is -2.13. The van der Waals surface area contributed by atoms with E-state index in [-0.39, 0.29) is 17.3 Å². The Morgan fingerprint density at radius 2 is 1.77 bits per heavy atom. The highest BCUT2D eigenvalue weighted by atomic mass is 35.5. The maximum Gasteiger partial charge on any atom is 0.205 e. The molecular weight excluding hydrogens is 397 g/mol. The van der Waals surface area contributed by atoms with Crippen molar-refractivity contribution in [2.45, 2.75) is 26.2 Å². The molecule has 0 bridgehead atoms. The zero-order chi connectivity index (χ0) is 19.6.